The third-order valence-electron chi connectivity index (χ3n) is 2.04. The van der Waals surface area contributed by atoms with Gasteiger partial charge in [-0.15, -0.1) is 6.58 Å². The summed E-state index contributed by atoms with van der Waals surface area (Å²) in [6, 6.07) is 0. The van der Waals surface area contributed by atoms with Gasteiger partial charge in [-0.05, 0) is 38.7 Å². The molecule has 0 spiro atoms. The van der Waals surface area contributed by atoms with Crippen molar-refractivity contribution in [3.63, 3.8) is 0 Å². The van der Waals surface area contributed by atoms with E-state index in [9.17, 15) is 9.59 Å². The molecule has 0 aliphatic carbocycles. The fourth-order valence-electron chi connectivity index (χ4n) is 1.23. The van der Waals surface area contributed by atoms with Crippen LogP contribution in [-0.4, -0.2) is 11.6 Å². The Bertz CT molecular complexity index is 239. The molecule has 0 aliphatic heterocycles. The Kier molecular flexibility index (Phi) is 8.64. The molecule has 0 aromatic carbocycles. The van der Waals surface area contributed by atoms with Gasteiger partial charge in [-0.1, -0.05) is 12.2 Å². The zero-order valence-corrected chi connectivity index (χ0v) is 9.50. The second kappa shape index (κ2) is 9.38. The Morgan fingerprint density at radius 1 is 1.13 bits per heavy atom. The number of rotatable bonds is 9. The largest absolute Gasteiger partial charge is 0.300 e. The molecule has 0 atom stereocenters. The molecule has 0 unspecified atom stereocenters. The molecule has 0 aromatic rings. The first-order valence-corrected chi connectivity index (χ1v) is 5.46. The zero-order chi connectivity index (χ0) is 11.5. The zero-order valence-electron chi connectivity index (χ0n) is 9.50. The Labute approximate surface area is 92.1 Å². The van der Waals surface area contributed by atoms with Crippen LogP contribution in [0.5, 0.6) is 0 Å². The maximum Gasteiger partial charge on any atom is 0.152 e. The Morgan fingerprint density at radius 3 is 2.27 bits per heavy atom. The van der Waals surface area contributed by atoms with Crippen LogP contribution in [0.3, 0.4) is 0 Å². The van der Waals surface area contributed by atoms with Gasteiger partial charge < -0.3 is 0 Å². The van der Waals surface area contributed by atoms with Crippen LogP contribution in [0.2, 0.25) is 0 Å². The van der Waals surface area contributed by atoms with Gasteiger partial charge in [-0.3, -0.25) is 9.59 Å². The summed E-state index contributed by atoms with van der Waals surface area (Å²) in [7, 11) is 0. The molecule has 0 amide bonds. The minimum Gasteiger partial charge on any atom is -0.300 e. The number of ketones is 2. The van der Waals surface area contributed by atoms with Crippen LogP contribution in [0.1, 0.15) is 45.4 Å². The molecule has 0 bridgehead atoms. The van der Waals surface area contributed by atoms with Crippen molar-refractivity contribution in [3.05, 3.63) is 24.8 Å². The van der Waals surface area contributed by atoms with Crippen LogP contribution >= 0.6 is 0 Å². The normalized spacial score (nSPS) is 10.5. The maximum absolute atomic E-state index is 11.3. The van der Waals surface area contributed by atoms with Crippen LogP contribution in [0, 0.1) is 0 Å². The molecule has 0 saturated carbocycles. The number of hydrogen-bond acceptors (Lipinski definition) is 2. The maximum atomic E-state index is 11.3. The second-order valence-corrected chi connectivity index (χ2v) is 3.62. The van der Waals surface area contributed by atoms with E-state index in [1.165, 1.54) is 6.92 Å². The summed E-state index contributed by atoms with van der Waals surface area (Å²) in [4.78, 5) is 21.8. The lowest BCUT2D eigenvalue weighted by atomic mass is 10.1. The van der Waals surface area contributed by atoms with Gasteiger partial charge >= 0.3 is 0 Å². The summed E-state index contributed by atoms with van der Waals surface area (Å²) in [6.45, 7) is 5.13. The van der Waals surface area contributed by atoms with Gasteiger partial charge in [0, 0.05) is 12.8 Å². The van der Waals surface area contributed by atoms with E-state index in [0.29, 0.717) is 18.6 Å². The highest BCUT2D eigenvalue weighted by Gasteiger charge is 1.99. The van der Waals surface area contributed by atoms with E-state index in [1.54, 1.807) is 6.08 Å². The van der Waals surface area contributed by atoms with Gasteiger partial charge in [0.15, 0.2) is 5.78 Å². The predicted octanol–water partition coefficient (Wildman–Crippen LogP) is 3.23. The summed E-state index contributed by atoms with van der Waals surface area (Å²) < 4.78 is 0. The Morgan fingerprint density at radius 2 is 1.73 bits per heavy atom. The molecule has 84 valence electrons. The quantitative estimate of drug-likeness (QED) is 0.331. The third-order valence-corrected chi connectivity index (χ3v) is 2.04. The van der Waals surface area contributed by atoms with E-state index in [1.807, 2.05) is 12.2 Å². The Balaban J connectivity index is 3.38. The van der Waals surface area contributed by atoms with Crippen LogP contribution < -0.4 is 0 Å². The highest BCUT2D eigenvalue weighted by atomic mass is 16.1. The molecule has 2 heteroatoms. The third kappa shape index (κ3) is 10.7. The SMILES string of the molecule is C=CCCCC(=O)CCC/C=C/C(C)=O. The first-order valence-electron chi connectivity index (χ1n) is 5.46. The smallest absolute Gasteiger partial charge is 0.152 e. The first kappa shape index (κ1) is 13.8. The monoisotopic (exact) mass is 208 g/mol. The molecular formula is C13H20O2. The molecule has 0 rings (SSSR count). The number of hydrogen-bond donors (Lipinski definition) is 0. The van der Waals surface area contributed by atoms with Crippen molar-refractivity contribution in [1.29, 1.82) is 0 Å². The molecule has 0 aromatic heterocycles. The molecule has 0 fully saturated rings. The molecule has 0 N–H and O–H groups in total. The van der Waals surface area contributed by atoms with E-state index in [0.717, 1.165) is 25.7 Å². The molecule has 0 aliphatic rings. The summed E-state index contributed by atoms with van der Waals surface area (Å²) >= 11 is 0. The molecule has 2 nitrogen and oxygen atoms in total. The van der Waals surface area contributed by atoms with E-state index in [4.69, 9.17) is 0 Å². The topological polar surface area (TPSA) is 34.1 Å². The van der Waals surface area contributed by atoms with Gasteiger partial charge in [-0.25, -0.2) is 0 Å². The van der Waals surface area contributed by atoms with Gasteiger partial charge in [0.05, 0.1) is 0 Å². The molecule has 0 saturated heterocycles. The molecule has 15 heavy (non-hydrogen) atoms. The minimum atomic E-state index is 0.0623. The average molecular weight is 208 g/mol. The van der Waals surface area contributed by atoms with Gasteiger partial charge in [0.2, 0.25) is 0 Å². The summed E-state index contributed by atoms with van der Waals surface area (Å²) in [5.74, 6) is 0.375. The first-order chi connectivity index (χ1) is 7.16. The van der Waals surface area contributed by atoms with Gasteiger partial charge in [-0.2, -0.15) is 0 Å². The molecule has 0 heterocycles. The molecule has 0 radical (unpaired) electrons. The van der Waals surface area contributed by atoms with E-state index in [2.05, 4.69) is 6.58 Å². The minimum absolute atomic E-state index is 0.0623. The van der Waals surface area contributed by atoms with Crippen LogP contribution in [0.4, 0.5) is 0 Å². The van der Waals surface area contributed by atoms with Crippen molar-refractivity contribution in [2.45, 2.75) is 45.4 Å². The lowest BCUT2D eigenvalue weighted by Gasteiger charge is -1.97. The van der Waals surface area contributed by atoms with Crippen LogP contribution in [0.15, 0.2) is 24.8 Å². The number of Topliss-reactive ketones (excluding diaryl/α,β-unsaturated/α-hetero) is 1. The lowest BCUT2D eigenvalue weighted by molar-refractivity contribution is -0.119. The van der Waals surface area contributed by atoms with Crippen molar-refractivity contribution in [2.75, 3.05) is 0 Å². The summed E-state index contributed by atoms with van der Waals surface area (Å²) in [5.41, 5.74) is 0. The van der Waals surface area contributed by atoms with E-state index in [-0.39, 0.29) is 5.78 Å². The Hall–Kier alpha value is -1.18. The number of carbonyl (C=O) groups excluding carboxylic acids is 2. The van der Waals surface area contributed by atoms with Crippen molar-refractivity contribution >= 4 is 11.6 Å². The van der Waals surface area contributed by atoms with Crippen molar-refractivity contribution in [1.82, 2.24) is 0 Å². The average Bonchev–Trinajstić information content (AvgIpc) is 2.17. The highest BCUT2D eigenvalue weighted by Crippen LogP contribution is 2.04. The fourth-order valence-corrected chi connectivity index (χ4v) is 1.23. The predicted molar refractivity (Wildman–Crippen MR) is 62.7 cm³/mol. The van der Waals surface area contributed by atoms with Crippen LogP contribution in [-0.2, 0) is 9.59 Å². The summed E-state index contributed by atoms with van der Waals surface area (Å²) in [5, 5.41) is 0. The number of carbonyl (C=O) groups is 2. The highest BCUT2D eigenvalue weighted by molar-refractivity contribution is 5.87. The second-order valence-electron chi connectivity index (χ2n) is 3.62. The van der Waals surface area contributed by atoms with Crippen molar-refractivity contribution in [3.8, 4) is 0 Å². The van der Waals surface area contributed by atoms with Gasteiger partial charge in [0.25, 0.3) is 0 Å². The number of allylic oxidation sites excluding steroid dienone is 3. The van der Waals surface area contributed by atoms with E-state index >= 15 is 0 Å². The lowest BCUT2D eigenvalue weighted by Crippen LogP contribution is -1.96. The van der Waals surface area contributed by atoms with Crippen molar-refractivity contribution < 1.29 is 9.59 Å². The van der Waals surface area contributed by atoms with E-state index < -0.39 is 0 Å². The summed E-state index contributed by atoms with van der Waals surface area (Å²) in [6.07, 6.45) is 9.98. The van der Waals surface area contributed by atoms with Crippen LogP contribution in [0.25, 0.3) is 0 Å². The standard InChI is InChI=1S/C13H20O2/c1-3-4-6-10-13(15)11-8-5-7-9-12(2)14/h3,7,9H,1,4-6,8,10-11H2,2H3/b9-7+. The van der Waals surface area contributed by atoms with Gasteiger partial charge in [0.1, 0.15) is 5.78 Å². The fraction of sp³-hybridized carbons (Fsp3) is 0.538. The number of unbranched alkanes of at least 4 members (excludes halogenated alkanes) is 2. The van der Waals surface area contributed by atoms with Crippen molar-refractivity contribution in [2.24, 2.45) is 0 Å². The molecular weight excluding hydrogens is 188 g/mol.